The van der Waals surface area contributed by atoms with Crippen molar-refractivity contribution in [3.05, 3.63) is 30.3 Å². The molecule has 0 amide bonds. The van der Waals surface area contributed by atoms with Gasteiger partial charge in [0.05, 0.1) is 11.5 Å². The van der Waals surface area contributed by atoms with E-state index in [9.17, 15) is 8.42 Å². The summed E-state index contributed by atoms with van der Waals surface area (Å²) in [5.74, 6) is 0. The highest BCUT2D eigenvalue weighted by Gasteiger charge is 2.34. The van der Waals surface area contributed by atoms with Crippen molar-refractivity contribution in [2.75, 3.05) is 20.3 Å². The van der Waals surface area contributed by atoms with Crippen LogP contribution in [0.4, 0.5) is 0 Å². The van der Waals surface area contributed by atoms with Gasteiger partial charge in [0.15, 0.2) is 0 Å². The van der Waals surface area contributed by atoms with Crippen LogP contribution in [0, 0.1) is 0 Å². The van der Waals surface area contributed by atoms with E-state index in [1.54, 1.807) is 35.7 Å². The summed E-state index contributed by atoms with van der Waals surface area (Å²) in [7, 11) is -1.75. The third kappa shape index (κ3) is 2.51. The Morgan fingerprint density at radius 2 is 2.06 bits per heavy atom. The van der Waals surface area contributed by atoms with E-state index in [0.29, 0.717) is 18.0 Å². The van der Waals surface area contributed by atoms with E-state index >= 15 is 0 Å². The SMILES string of the molecule is COCC1CCCN1S(=O)(=O)c1ccccc1. The number of nitrogens with zero attached hydrogens (tertiary/aromatic N) is 1. The van der Waals surface area contributed by atoms with Crippen LogP contribution in [0.2, 0.25) is 0 Å². The van der Waals surface area contributed by atoms with Crippen LogP contribution in [0.15, 0.2) is 35.2 Å². The first-order valence-corrected chi connectivity index (χ1v) is 7.16. The molecule has 17 heavy (non-hydrogen) atoms. The summed E-state index contributed by atoms with van der Waals surface area (Å²) in [6.07, 6.45) is 1.78. The highest BCUT2D eigenvalue weighted by atomic mass is 32.2. The Balaban J connectivity index is 2.27. The van der Waals surface area contributed by atoms with Gasteiger partial charge in [0.2, 0.25) is 10.0 Å². The first-order valence-electron chi connectivity index (χ1n) is 5.72. The fourth-order valence-corrected chi connectivity index (χ4v) is 3.91. The maximum Gasteiger partial charge on any atom is 0.243 e. The molecule has 1 atom stereocenters. The van der Waals surface area contributed by atoms with E-state index in [4.69, 9.17) is 4.74 Å². The van der Waals surface area contributed by atoms with Crippen molar-refractivity contribution in [1.29, 1.82) is 0 Å². The molecule has 94 valence electrons. The molecule has 0 saturated carbocycles. The Morgan fingerprint density at radius 1 is 1.35 bits per heavy atom. The third-order valence-electron chi connectivity index (χ3n) is 3.03. The van der Waals surface area contributed by atoms with Crippen LogP contribution in [-0.4, -0.2) is 39.0 Å². The third-order valence-corrected chi connectivity index (χ3v) is 5.00. The van der Waals surface area contributed by atoms with Gasteiger partial charge < -0.3 is 4.74 Å². The first kappa shape index (κ1) is 12.5. The maximum absolute atomic E-state index is 12.4. The summed E-state index contributed by atoms with van der Waals surface area (Å²) >= 11 is 0. The Kier molecular flexibility index (Phi) is 3.81. The molecular weight excluding hydrogens is 238 g/mol. The molecule has 0 aromatic heterocycles. The fourth-order valence-electron chi connectivity index (χ4n) is 2.21. The van der Waals surface area contributed by atoms with Gasteiger partial charge in [0.1, 0.15) is 0 Å². The van der Waals surface area contributed by atoms with Crippen molar-refractivity contribution >= 4 is 10.0 Å². The number of sulfonamides is 1. The van der Waals surface area contributed by atoms with E-state index in [2.05, 4.69) is 0 Å². The van der Waals surface area contributed by atoms with Crippen LogP contribution in [0.1, 0.15) is 12.8 Å². The van der Waals surface area contributed by atoms with E-state index < -0.39 is 10.0 Å². The fraction of sp³-hybridized carbons (Fsp3) is 0.500. The molecule has 1 aliphatic rings. The predicted octanol–water partition coefficient (Wildman–Crippen LogP) is 1.49. The predicted molar refractivity (Wildman–Crippen MR) is 65.2 cm³/mol. The molecular formula is C12H17NO3S. The van der Waals surface area contributed by atoms with Gasteiger partial charge in [-0.2, -0.15) is 4.31 Å². The Morgan fingerprint density at radius 3 is 2.71 bits per heavy atom. The molecule has 1 aromatic carbocycles. The molecule has 1 aromatic rings. The minimum absolute atomic E-state index is 0.0230. The summed E-state index contributed by atoms with van der Waals surface area (Å²) in [5.41, 5.74) is 0. The van der Waals surface area contributed by atoms with Gasteiger partial charge in [-0.15, -0.1) is 0 Å². The lowest BCUT2D eigenvalue weighted by atomic mass is 10.2. The lowest BCUT2D eigenvalue weighted by molar-refractivity contribution is 0.149. The number of ether oxygens (including phenoxy) is 1. The smallest absolute Gasteiger partial charge is 0.243 e. The molecule has 2 rings (SSSR count). The van der Waals surface area contributed by atoms with Crippen LogP contribution in [0.25, 0.3) is 0 Å². The normalized spacial score (nSPS) is 21.8. The maximum atomic E-state index is 12.4. The summed E-state index contributed by atoms with van der Waals surface area (Å²) in [6.45, 7) is 1.05. The van der Waals surface area contributed by atoms with E-state index in [1.807, 2.05) is 6.07 Å². The highest BCUT2D eigenvalue weighted by Crippen LogP contribution is 2.25. The molecule has 0 radical (unpaired) electrons. The molecule has 0 spiro atoms. The van der Waals surface area contributed by atoms with Gasteiger partial charge in [0.25, 0.3) is 0 Å². The van der Waals surface area contributed by atoms with Crippen molar-refractivity contribution in [2.45, 2.75) is 23.8 Å². The molecule has 1 aliphatic heterocycles. The van der Waals surface area contributed by atoms with Gasteiger partial charge in [-0.3, -0.25) is 0 Å². The zero-order valence-electron chi connectivity index (χ0n) is 9.87. The van der Waals surface area contributed by atoms with Crippen molar-refractivity contribution < 1.29 is 13.2 Å². The lowest BCUT2D eigenvalue weighted by Crippen LogP contribution is -2.38. The van der Waals surface area contributed by atoms with Crippen LogP contribution in [0.3, 0.4) is 0 Å². The molecule has 4 nitrogen and oxygen atoms in total. The summed E-state index contributed by atoms with van der Waals surface area (Å²) in [5, 5.41) is 0. The van der Waals surface area contributed by atoms with Crippen LogP contribution >= 0.6 is 0 Å². The number of benzene rings is 1. The van der Waals surface area contributed by atoms with Crippen LogP contribution in [0.5, 0.6) is 0 Å². The van der Waals surface area contributed by atoms with E-state index in [1.165, 1.54) is 0 Å². The molecule has 1 fully saturated rings. The monoisotopic (exact) mass is 255 g/mol. The topological polar surface area (TPSA) is 46.6 Å². The minimum Gasteiger partial charge on any atom is -0.383 e. The molecule has 1 saturated heterocycles. The molecule has 1 heterocycles. The van der Waals surface area contributed by atoms with Crippen molar-refractivity contribution in [2.24, 2.45) is 0 Å². The van der Waals surface area contributed by atoms with Crippen molar-refractivity contribution in [1.82, 2.24) is 4.31 Å². The van der Waals surface area contributed by atoms with Crippen molar-refractivity contribution in [3.8, 4) is 0 Å². The molecule has 0 N–H and O–H groups in total. The quantitative estimate of drug-likeness (QED) is 0.819. The number of methoxy groups -OCH3 is 1. The molecule has 5 heteroatoms. The average molecular weight is 255 g/mol. The zero-order chi connectivity index (χ0) is 12.3. The Bertz CT molecular complexity index is 458. The van der Waals surface area contributed by atoms with Crippen LogP contribution in [-0.2, 0) is 14.8 Å². The van der Waals surface area contributed by atoms with Gasteiger partial charge >= 0.3 is 0 Å². The zero-order valence-corrected chi connectivity index (χ0v) is 10.7. The standard InChI is InChI=1S/C12H17NO3S/c1-16-10-11-6-5-9-13(11)17(14,15)12-7-3-2-4-8-12/h2-4,7-8,11H,5-6,9-10H2,1H3. The molecule has 0 bridgehead atoms. The van der Waals surface area contributed by atoms with Crippen molar-refractivity contribution in [3.63, 3.8) is 0 Å². The summed E-state index contributed by atoms with van der Waals surface area (Å²) < 4.78 is 31.4. The van der Waals surface area contributed by atoms with Gasteiger partial charge in [0, 0.05) is 19.7 Å². The highest BCUT2D eigenvalue weighted by molar-refractivity contribution is 7.89. The second-order valence-corrected chi connectivity index (χ2v) is 6.07. The number of hydrogen-bond donors (Lipinski definition) is 0. The van der Waals surface area contributed by atoms with Gasteiger partial charge in [-0.25, -0.2) is 8.42 Å². The number of rotatable bonds is 4. The first-order chi connectivity index (χ1) is 8.16. The lowest BCUT2D eigenvalue weighted by Gasteiger charge is -2.23. The Labute approximate surface area is 102 Å². The van der Waals surface area contributed by atoms with Gasteiger partial charge in [-0.05, 0) is 25.0 Å². The minimum atomic E-state index is -3.36. The summed E-state index contributed by atoms with van der Waals surface area (Å²) in [4.78, 5) is 0.364. The van der Waals surface area contributed by atoms with Crippen LogP contribution < -0.4 is 0 Å². The molecule has 1 unspecified atom stereocenters. The number of hydrogen-bond acceptors (Lipinski definition) is 3. The Hall–Kier alpha value is -0.910. The largest absolute Gasteiger partial charge is 0.383 e. The second-order valence-electron chi connectivity index (χ2n) is 4.18. The second kappa shape index (κ2) is 5.16. The van der Waals surface area contributed by atoms with E-state index in [0.717, 1.165) is 12.8 Å². The average Bonchev–Trinajstić information content (AvgIpc) is 2.80. The van der Waals surface area contributed by atoms with Gasteiger partial charge in [-0.1, -0.05) is 18.2 Å². The van der Waals surface area contributed by atoms with E-state index in [-0.39, 0.29) is 6.04 Å². The summed E-state index contributed by atoms with van der Waals surface area (Å²) in [6, 6.07) is 8.55. The molecule has 0 aliphatic carbocycles.